The molecule has 0 spiro atoms. The van der Waals surface area contributed by atoms with Crippen molar-refractivity contribution in [3.8, 4) is 17.3 Å². The van der Waals surface area contributed by atoms with E-state index in [-0.39, 0.29) is 6.61 Å². The molecule has 0 radical (unpaired) electrons. The van der Waals surface area contributed by atoms with Gasteiger partial charge in [0.2, 0.25) is 0 Å². The molecule has 4 nitrogen and oxygen atoms in total. The van der Waals surface area contributed by atoms with E-state index in [9.17, 15) is 0 Å². The van der Waals surface area contributed by atoms with Gasteiger partial charge in [-0.1, -0.05) is 19.1 Å². The Morgan fingerprint density at radius 1 is 1.30 bits per heavy atom. The standard InChI is InChI=1S/C15H17N3OS/c1-2-7-18(8-9-19)15-17-14(11-20-15)13-5-3-12(10-16)4-6-13/h3-6,11,19H,2,7-9H2,1H3. The number of rotatable bonds is 6. The monoisotopic (exact) mass is 287 g/mol. The van der Waals surface area contributed by atoms with Crippen molar-refractivity contribution < 1.29 is 5.11 Å². The average molecular weight is 287 g/mol. The Morgan fingerprint density at radius 2 is 2.05 bits per heavy atom. The first kappa shape index (κ1) is 14.5. The number of hydrogen-bond donors (Lipinski definition) is 1. The number of aliphatic hydroxyl groups excluding tert-OH is 1. The number of thiazole rings is 1. The van der Waals surface area contributed by atoms with E-state index in [0.29, 0.717) is 12.1 Å². The first-order valence-electron chi connectivity index (χ1n) is 6.60. The SMILES string of the molecule is CCCN(CCO)c1nc(-c2ccc(C#N)cc2)cs1. The molecular weight excluding hydrogens is 270 g/mol. The molecular formula is C15H17N3OS. The minimum atomic E-state index is 0.131. The first-order chi connectivity index (χ1) is 9.78. The Bertz CT molecular complexity index is 580. The number of nitriles is 1. The van der Waals surface area contributed by atoms with Gasteiger partial charge in [-0.2, -0.15) is 5.26 Å². The van der Waals surface area contributed by atoms with Crippen molar-refractivity contribution in [2.24, 2.45) is 0 Å². The van der Waals surface area contributed by atoms with E-state index in [0.717, 1.165) is 29.4 Å². The van der Waals surface area contributed by atoms with E-state index < -0.39 is 0 Å². The molecule has 0 bridgehead atoms. The van der Waals surface area contributed by atoms with Gasteiger partial charge in [0.15, 0.2) is 5.13 Å². The summed E-state index contributed by atoms with van der Waals surface area (Å²) in [5, 5.41) is 20.9. The van der Waals surface area contributed by atoms with Gasteiger partial charge in [0, 0.05) is 24.0 Å². The molecule has 0 atom stereocenters. The minimum Gasteiger partial charge on any atom is -0.395 e. The fourth-order valence-electron chi connectivity index (χ4n) is 1.95. The molecule has 0 saturated carbocycles. The third kappa shape index (κ3) is 3.35. The topological polar surface area (TPSA) is 60.1 Å². The van der Waals surface area contributed by atoms with Gasteiger partial charge in [0.05, 0.1) is 23.9 Å². The van der Waals surface area contributed by atoms with Crippen LogP contribution in [0.25, 0.3) is 11.3 Å². The van der Waals surface area contributed by atoms with Crippen LogP contribution in [0.4, 0.5) is 5.13 Å². The lowest BCUT2D eigenvalue weighted by Gasteiger charge is -2.19. The molecule has 1 N–H and O–H groups in total. The lowest BCUT2D eigenvalue weighted by molar-refractivity contribution is 0.302. The van der Waals surface area contributed by atoms with Gasteiger partial charge in [-0.25, -0.2) is 4.98 Å². The molecule has 0 unspecified atom stereocenters. The third-order valence-electron chi connectivity index (χ3n) is 2.94. The van der Waals surface area contributed by atoms with Crippen LogP contribution in [-0.4, -0.2) is 29.8 Å². The lowest BCUT2D eigenvalue weighted by atomic mass is 10.1. The van der Waals surface area contributed by atoms with Gasteiger partial charge in [-0.05, 0) is 18.6 Å². The molecule has 1 aromatic heterocycles. The van der Waals surface area contributed by atoms with Gasteiger partial charge in [-0.3, -0.25) is 0 Å². The van der Waals surface area contributed by atoms with E-state index in [4.69, 9.17) is 10.4 Å². The quantitative estimate of drug-likeness (QED) is 0.887. The smallest absolute Gasteiger partial charge is 0.185 e. The van der Waals surface area contributed by atoms with Gasteiger partial charge in [0.1, 0.15) is 0 Å². The van der Waals surface area contributed by atoms with Crippen LogP contribution in [0.2, 0.25) is 0 Å². The van der Waals surface area contributed by atoms with Gasteiger partial charge >= 0.3 is 0 Å². The fourth-order valence-corrected chi connectivity index (χ4v) is 2.84. The molecule has 0 aliphatic carbocycles. The zero-order chi connectivity index (χ0) is 14.4. The fraction of sp³-hybridized carbons (Fsp3) is 0.333. The van der Waals surface area contributed by atoms with Crippen LogP contribution in [-0.2, 0) is 0 Å². The van der Waals surface area contributed by atoms with E-state index in [1.807, 2.05) is 17.5 Å². The molecule has 0 saturated heterocycles. The molecule has 0 fully saturated rings. The van der Waals surface area contributed by atoms with Crippen LogP contribution in [0.5, 0.6) is 0 Å². The highest BCUT2D eigenvalue weighted by Gasteiger charge is 2.11. The summed E-state index contributed by atoms with van der Waals surface area (Å²) in [6, 6.07) is 9.52. The second-order valence-electron chi connectivity index (χ2n) is 4.42. The van der Waals surface area contributed by atoms with Crippen molar-refractivity contribution >= 4 is 16.5 Å². The van der Waals surface area contributed by atoms with Gasteiger partial charge < -0.3 is 10.0 Å². The van der Waals surface area contributed by atoms with Crippen LogP contribution in [0.3, 0.4) is 0 Å². The molecule has 2 aromatic rings. The molecule has 104 valence electrons. The molecule has 1 aromatic carbocycles. The molecule has 0 aliphatic rings. The predicted molar refractivity (Wildman–Crippen MR) is 81.9 cm³/mol. The van der Waals surface area contributed by atoms with Crippen molar-refractivity contribution in [3.05, 3.63) is 35.2 Å². The number of aromatic nitrogens is 1. The maximum absolute atomic E-state index is 9.11. The van der Waals surface area contributed by atoms with Crippen LogP contribution in [0.15, 0.2) is 29.6 Å². The third-order valence-corrected chi connectivity index (χ3v) is 3.84. The lowest BCUT2D eigenvalue weighted by Crippen LogP contribution is -2.27. The van der Waals surface area contributed by atoms with Crippen molar-refractivity contribution in [1.82, 2.24) is 4.98 Å². The maximum Gasteiger partial charge on any atom is 0.185 e. The van der Waals surface area contributed by atoms with Crippen molar-refractivity contribution in [2.45, 2.75) is 13.3 Å². The number of hydrogen-bond acceptors (Lipinski definition) is 5. The highest BCUT2D eigenvalue weighted by Crippen LogP contribution is 2.27. The summed E-state index contributed by atoms with van der Waals surface area (Å²) in [5.41, 5.74) is 2.57. The largest absolute Gasteiger partial charge is 0.395 e. The summed E-state index contributed by atoms with van der Waals surface area (Å²) in [7, 11) is 0. The summed E-state index contributed by atoms with van der Waals surface area (Å²) in [4.78, 5) is 6.72. The molecule has 20 heavy (non-hydrogen) atoms. The van der Waals surface area contributed by atoms with Gasteiger partial charge in [-0.15, -0.1) is 11.3 Å². The Morgan fingerprint density at radius 3 is 2.65 bits per heavy atom. The van der Waals surface area contributed by atoms with Crippen molar-refractivity contribution in [2.75, 3.05) is 24.6 Å². The van der Waals surface area contributed by atoms with Crippen molar-refractivity contribution in [3.63, 3.8) is 0 Å². The molecule has 0 aliphatic heterocycles. The van der Waals surface area contributed by atoms with E-state index in [1.54, 1.807) is 23.5 Å². The molecule has 2 rings (SSSR count). The summed E-state index contributed by atoms with van der Waals surface area (Å²) in [6.45, 7) is 3.74. The molecule has 0 amide bonds. The van der Waals surface area contributed by atoms with E-state index >= 15 is 0 Å². The predicted octanol–water partition coefficient (Wildman–Crippen LogP) is 2.89. The van der Waals surface area contributed by atoms with Crippen LogP contribution >= 0.6 is 11.3 Å². The Balaban J connectivity index is 2.20. The minimum absolute atomic E-state index is 0.131. The summed E-state index contributed by atoms with van der Waals surface area (Å²) in [5.74, 6) is 0. The molecule has 1 heterocycles. The van der Waals surface area contributed by atoms with Crippen LogP contribution < -0.4 is 4.90 Å². The maximum atomic E-state index is 9.11. The zero-order valence-corrected chi connectivity index (χ0v) is 12.2. The average Bonchev–Trinajstić information content (AvgIpc) is 2.97. The number of benzene rings is 1. The Labute approximate surface area is 122 Å². The summed E-state index contributed by atoms with van der Waals surface area (Å²) >= 11 is 1.58. The van der Waals surface area contributed by atoms with E-state index in [1.165, 1.54) is 0 Å². The Hall–Kier alpha value is -1.90. The van der Waals surface area contributed by atoms with Gasteiger partial charge in [0.25, 0.3) is 0 Å². The number of aliphatic hydroxyl groups is 1. The second kappa shape index (κ2) is 7.04. The molecule has 5 heteroatoms. The highest BCUT2D eigenvalue weighted by atomic mass is 32.1. The van der Waals surface area contributed by atoms with Crippen LogP contribution in [0.1, 0.15) is 18.9 Å². The normalized spacial score (nSPS) is 10.2. The van der Waals surface area contributed by atoms with E-state index in [2.05, 4.69) is 22.9 Å². The number of anilines is 1. The zero-order valence-electron chi connectivity index (χ0n) is 11.4. The Kier molecular flexibility index (Phi) is 5.10. The highest BCUT2D eigenvalue weighted by molar-refractivity contribution is 7.14. The van der Waals surface area contributed by atoms with Crippen molar-refractivity contribution in [1.29, 1.82) is 5.26 Å². The van der Waals surface area contributed by atoms with Crippen LogP contribution in [0, 0.1) is 11.3 Å². The second-order valence-corrected chi connectivity index (χ2v) is 5.25. The summed E-state index contributed by atoms with van der Waals surface area (Å²) < 4.78 is 0. The summed E-state index contributed by atoms with van der Waals surface area (Å²) in [6.07, 6.45) is 1.02. The first-order valence-corrected chi connectivity index (χ1v) is 7.48. The number of nitrogens with zero attached hydrogens (tertiary/aromatic N) is 3.